The van der Waals surface area contributed by atoms with E-state index in [2.05, 4.69) is 55.5 Å². The molecule has 0 aliphatic heterocycles. The highest BCUT2D eigenvalue weighted by Crippen LogP contribution is 2.38. The monoisotopic (exact) mass is 597 g/mol. The van der Waals surface area contributed by atoms with Crippen molar-refractivity contribution in [2.45, 2.75) is 77.7 Å². The van der Waals surface area contributed by atoms with Crippen LogP contribution in [0.25, 0.3) is 0 Å². The van der Waals surface area contributed by atoms with Gasteiger partial charge in [0.25, 0.3) is 7.82 Å². The lowest BCUT2D eigenvalue weighted by Crippen LogP contribution is -2.37. The predicted molar refractivity (Wildman–Crippen MR) is 162 cm³/mol. The molecule has 2 atom stereocenters. The summed E-state index contributed by atoms with van der Waals surface area (Å²) in [4.78, 5) is 35.9. The van der Waals surface area contributed by atoms with Crippen LogP contribution in [0.15, 0.2) is 60.8 Å². The second kappa shape index (κ2) is 24.3. The molecule has 0 saturated heterocycles. The Balaban J connectivity index is 4.31. The second-order valence-electron chi connectivity index (χ2n) is 10.3. The van der Waals surface area contributed by atoms with Gasteiger partial charge in [-0.1, -0.05) is 74.6 Å². The van der Waals surface area contributed by atoms with Gasteiger partial charge in [-0.2, -0.15) is 0 Å². The standard InChI is InChI=1S/C31H52NO8P/c1-6-8-9-10-11-12-13-14-15-16-17-18-19-20-21-22-23-24-31(34)40-29(27-37-30(33)7-2)28-39-41(35,36)38-26-25-32(3,4)5/h8-9,11-12,14-15,17-18,20-21,29H,6-7,10,13,16,19,22-28H2,1-5H3/b9-8-,12-11-,15-14-,18-17-,21-20-. The normalized spacial score (nSPS) is 15.0. The second-order valence-corrected chi connectivity index (χ2v) is 11.7. The molecule has 2 unspecified atom stereocenters. The van der Waals surface area contributed by atoms with Crippen molar-refractivity contribution in [2.24, 2.45) is 0 Å². The molecule has 10 heteroatoms. The number of rotatable bonds is 24. The summed E-state index contributed by atoms with van der Waals surface area (Å²) in [7, 11) is 1.10. The van der Waals surface area contributed by atoms with Gasteiger partial charge in [0.1, 0.15) is 19.8 Å². The van der Waals surface area contributed by atoms with Gasteiger partial charge < -0.3 is 27.9 Å². The van der Waals surface area contributed by atoms with Gasteiger partial charge >= 0.3 is 11.9 Å². The van der Waals surface area contributed by atoms with Crippen LogP contribution < -0.4 is 4.89 Å². The van der Waals surface area contributed by atoms with Crippen molar-refractivity contribution in [3.63, 3.8) is 0 Å². The Kier molecular flexibility index (Phi) is 23.0. The zero-order chi connectivity index (χ0) is 30.8. The minimum absolute atomic E-state index is 0.0463. The van der Waals surface area contributed by atoms with Crippen LogP contribution >= 0.6 is 7.82 Å². The summed E-state index contributed by atoms with van der Waals surface area (Å²) in [6.07, 6.45) is 26.5. The van der Waals surface area contributed by atoms with Crippen LogP contribution in [0.4, 0.5) is 0 Å². The maximum Gasteiger partial charge on any atom is 0.306 e. The Hall–Kier alpha value is -2.29. The maximum absolute atomic E-state index is 12.3. The number of phosphoric ester groups is 1. The van der Waals surface area contributed by atoms with Crippen molar-refractivity contribution in [1.82, 2.24) is 0 Å². The van der Waals surface area contributed by atoms with Gasteiger partial charge in [-0.3, -0.25) is 14.2 Å². The fourth-order valence-corrected chi connectivity index (χ4v) is 3.75. The van der Waals surface area contributed by atoms with Gasteiger partial charge in [0, 0.05) is 12.8 Å². The molecule has 0 fully saturated rings. The molecular weight excluding hydrogens is 545 g/mol. The van der Waals surface area contributed by atoms with E-state index in [1.54, 1.807) is 6.92 Å². The number of quaternary nitrogens is 1. The molecule has 0 aliphatic rings. The molecule has 0 aliphatic carbocycles. The van der Waals surface area contributed by atoms with Gasteiger partial charge in [-0.05, 0) is 44.9 Å². The van der Waals surface area contributed by atoms with Gasteiger partial charge in [-0.25, -0.2) is 0 Å². The molecule has 0 radical (unpaired) electrons. The molecule has 41 heavy (non-hydrogen) atoms. The van der Waals surface area contributed by atoms with Crippen molar-refractivity contribution in [2.75, 3.05) is 47.5 Å². The van der Waals surface area contributed by atoms with E-state index < -0.39 is 32.5 Å². The van der Waals surface area contributed by atoms with E-state index in [9.17, 15) is 19.0 Å². The zero-order valence-electron chi connectivity index (χ0n) is 25.7. The number of hydrogen-bond donors (Lipinski definition) is 0. The summed E-state index contributed by atoms with van der Waals surface area (Å²) in [5.74, 6) is -1.01. The topological polar surface area (TPSA) is 111 Å². The smallest absolute Gasteiger partial charge is 0.306 e. The van der Waals surface area contributed by atoms with Crippen molar-refractivity contribution in [3.05, 3.63) is 60.8 Å². The van der Waals surface area contributed by atoms with Crippen LogP contribution in [-0.2, 0) is 32.7 Å². The largest absolute Gasteiger partial charge is 0.756 e. The minimum atomic E-state index is -4.60. The van der Waals surface area contributed by atoms with E-state index >= 15 is 0 Å². The van der Waals surface area contributed by atoms with Crippen LogP contribution in [0.3, 0.4) is 0 Å². The molecule has 0 amide bonds. The lowest BCUT2D eigenvalue weighted by molar-refractivity contribution is -0.870. The summed E-state index contributed by atoms with van der Waals surface area (Å²) < 4.78 is 32.7. The SMILES string of the molecule is CC/C=C\C/C=C\C/C=C\C/C=C\C/C=C\CCCC(=O)OC(COC(=O)CC)COP(=O)([O-])OCC[N+](C)(C)C. The number of nitrogens with zero attached hydrogens (tertiary/aromatic N) is 1. The lowest BCUT2D eigenvalue weighted by Gasteiger charge is -2.28. The molecule has 234 valence electrons. The number of ether oxygens (including phenoxy) is 2. The van der Waals surface area contributed by atoms with Crippen LogP contribution in [0, 0.1) is 0 Å². The van der Waals surface area contributed by atoms with Gasteiger partial charge in [0.15, 0.2) is 6.10 Å². The number of hydrogen-bond acceptors (Lipinski definition) is 8. The Morgan fingerprint density at radius 1 is 0.780 bits per heavy atom. The van der Waals surface area contributed by atoms with Crippen LogP contribution in [0.1, 0.15) is 71.6 Å². The third kappa shape index (κ3) is 27.6. The first kappa shape index (κ1) is 38.7. The molecule has 0 saturated carbocycles. The summed E-state index contributed by atoms with van der Waals surface area (Å²) in [6.45, 7) is 3.37. The first-order chi connectivity index (χ1) is 19.5. The molecule has 0 aromatic heterocycles. The summed E-state index contributed by atoms with van der Waals surface area (Å²) >= 11 is 0. The molecule has 0 N–H and O–H groups in total. The minimum Gasteiger partial charge on any atom is -0.756 e. The summed E-state index contributed by atoms with van der Waals surface area (Å²) in [6, 6.07) is 0. The van der Waals surface area contributed by atoms with E-state index in [0.717, 1.165) is 32.1 Å². The Morgan fingerprint density at radius 3 is 1.83 bits per heavy atom. The van der Waals surface area contributed by atoms with Crippen molar-refractivity contribution < 1.29 is 42.1 Å². The highest BCUT2D eigenvalue weighted by atomic mass is 31.2. The maximum atomic E-state index is 12.3. The van der Waals surface area contributed by atoms with E-state index in [1.807, 2.05) is 33.3 Å². The van der Waals surface area contributed by atoms with Gasteiger partial charge in [0.2, 0.25) is 0 Å². The van der Waals surface area contributed by atoms with Crippen molar-refractivity contribution in [3.8, 4) is 0 Å². The highest BCUT2D eigenvalue weighted by Gasteiger charge is 2.21. The van der Waals surface area contributed by atoms with E-state index in [0.29, 0.717) is 23.9 Å². The van der Waals surface area contributed by atoms with Crippen LogP contribution in [-0.4, -0.2) is 70.0 Å². The summed E-state index contributed by atoms with van der Waals surface area (Å²) in [5.41, 5.74) is 0. The summed E-state index contributed by atoms with van der Waals surface area (Å²) in [5, 5.41) is 0. The number of carbonyl (C=O) groups excluding carboxylic acids is 2. The molecular formula is C31H52NO8P. The van der Waals surface area contributed by atoms with E-state index in [1.165, 1.54) is 0 Å². The third-order valence-corrected chi connectivity index (χ3v) is 6.32. The Labute approximate surface area is 247 Å². The highest BCUT2D eigenvalue weighted by molar-refractivity contribution is 7.45. The average molecular weight is 598 g/mol. The fraction of sp³-hybridized carbons (Fsp3) is 0.613. The van der Waals surface area contributed by atoms with E-state index in [4.69, 9.17) is 18.5 Å². The zero-order valence-corrected chi connectivity index (χ0v) is 26.6. The molecule has 0 bridgehead atoms. The average Bonchev–Trinajstić information content (AvgIpc) is 2.90. The molecule has 9 nitrogen and oxygen atoms in total. The number of allylic oxidation sites excluding steroid dienone is 10. The van der Waals surface area contributed by atoms with Crippen LogP contribution in [0.5, 0.6) is 0 Å². The fourth-order valence-electron chi connectivity index (χ4n) is 3.02. The third-order valence-electron chi connectivity index (χ3n) is 5.36. The van der Waals surface area contributed by atoms with Gasteiger partial charge in [-0.15, -0.1) is 0 Å². The van der Waals surface area contributed by atoms with Gasteiger partial charge in [0.05, 0.1) is 27.7 Å². The molecule has 0 spiro atoms. The predicted octanol–water partition coefficient (Wildman–Crippen LogP) is 5.98. The number of unbranched alkanes of at least 4 members (excludes halogenated alkanes) is 1. The van der Waals surface area contributed by atoms with Crippen molar-refractivity contribution in [1.29, 1.82) is 0 Å². The first-order valence-corrected chi connectivity index (χ1v) is 16.0. The number of likely N-dealkylation sites (N-methyl/N-ethyl adjacent to an activating group) is 1. The number of phosphoric acid groups is 1. The first-order valence-electron chi connectivity index (χ1n) is 14.5. The van der Waals surface area contributed by atoms with E-state index in [-0.39, 0.29) is 26.1 Å². The lowest BCUT2D eigenvalue weighted by atomic mass is 10.2. The number of carbonyl (C=O) groups is 2. The molecule has 0 aromatic rings. The quantitative estimate of drug-likeness (QED) is 0.0439. The Bertz CT molecular complexity index is 902. The molecule has 0 aromatic carbocycles. The molecule has 0 heterocycles. The van der Waals surface area contributed by atoms with Crippen LogP contribution in [0.2, 0.25) is 0 Å². The molecule has 0 rings (SSSR count). The van der Waals surface area contributed by atoms with Crippen molar-refractivity contribution >= 4 is 19.8 Å². The Morgan fingerprint density at radius 2 is 1.32 bits per heavy atom. The number of esters is 2.